The molecule has 8 heteroatoms. The Hall–Kier alpha value is -2.35. The molecule has 23 heavy (non-hydrogen) atoms. The van der Waals surface area contributed by atoms with Crippen molar-refractivity contribution in [3.63, 3.8) is 0 Å². The van der Waals surface area contributed by atoms with Gasteiger partial charge in [-0.05, 0) is 18.1 Å². The number of hydrogen-bond acceptors (Lipinski definition) is 5. The number of methoxy groups -OCH3 is 1. The van der Waals surface area contributed by atoms with E-state index in [1.54, 1.807) is 13.8 Å². The number of aromatic nitrogens is 1. The van der Waals surface area contributed by atoms with Gasteiger partial charge in [0.2, 0.25) is 0 Å². The molecular weight excluding hydrogens is 304 g/mol. The minimum atomic E-state index is -1.10. The lowest BCUT2D eigenvalue weighted by Gasteiger charge is -2.19. The Bertz CT molecular complexity index is 596. The number of carbonyl (C=O) groups is 2. The molecule has 0 saturated heterocycles. The molecule has 0 aromatic carbocycles. The molecule has 0 saturated carbocycles. The Kier molecular flexibility index (Phi) is 7.27. The number of pyridine rings is 1. The Morgan fingerprint density at radius 2 is 2.09 bits per heavy atom. The average molecular weight is 326 g/mol. The van der Waals surface area contributed by atoms with E-state index in [2.05, 4.69) is 5.32 Å². The molecule has 2 N–H and O–H groups in total. The van der Waals surface area contributed by atoms with Crippen molar-refractivity contribution in [2.24, 2.45) is 5.92 Å². The smallest absolute Gasteiger partial charge is 0.327 e. The first-order valence-electron chi connectivity index (χ1n) is 7.20. The molecule has 128 valence electrons. The second kappa shape index (κ2) is 8.94. The zero-order valence-corrected chi connectivity index (χ0v) is 13.4. The zero-order chi connectivity index (χ0) is 17.4. The molecule has 0 bridgehead atoms. The summed E-state index contributed by atoms with van der Waals surface area (Å²) in [6.07, 6.45) is 1.40. The number of carboxylic acid groups (broad SMARTS) is 1. The highest BCUT2D eigenvalue weighted by molar-refractivity contribution is 5.77. The summed E-state index contributed by atoms with van der Waals surface area (Å²) in [5, 5.41) is 11.8. The van der Waals surface area contributed by atoms with Gasteiger partial charge in [0.25, 0.3) is 11.5 Å². The van der Waals surface area contributed by atoms with Gasteiger partial charge in [0, 0.05) is 19.9 Å². The average Bonchev–Trinajstić information content (AvgIpc) is 2.47. The number of nitrogens with one attached hydrogen (secondary N) is 1. The molecule has 0 spiro atoms. The second-order valence-corrected chi connectivity index (χ2v) is 5.24. The molecule has 1 heterocycles. The Labute approximate surface area is 134 Å². The Balaban J connectivity index is 2.82. The van der Waals surface area contributed by atoms with Gasteiger partial charge in [-0.3, -0.25) is 14.2 Å². The summed E-state index contributed by atoms with van der Waals surface area (Å²) < 4.78 is 11.1. The van der Waals surface area contributed by atoms with Crippen molar-refractivity contribution >= 4 is 11.9 Å². The topological polar surface area (TPSA) is 107 Å². The van der Waals surface area contributed by atoms with Crippen molar-refractivity contribution in [3.8, 4) is 5.75 Å². The van der Waals surface area contributed by atoms with E-state index < -0.39 is 23.5 Å². The van der Waals surface area contributed by atoms with E-state index in [-0.39, 0.29) is 18.3 Å². The van der Waals surface area contributed by atoms with Crippen molar-refractivity contribution in [1.82, 2.24) is 9.88 Å². The van der Waals surface area contributed by atoms with E-state index >= 15 is 0 Å². The molecule has 8 nitrogen and oxygen atoms in total. The van der Waals surface area contributed by atoms with Gasteiger partial charge >= 0.3 is 5.97 Å². The monoisotopic (exact) mass is 326 g/mol. The van der Waals surface area contributed by atoms with Gasteiger partial charge in [-0.2, -0.15) is 0 Å². The van der Waals surface area contributed by atoms with Crippen molar-refractivity contribution in [2.45, 2.75) is 19.9 Å². The number of hydrogen-bond donors (Lipinski definition) is 2. The summed E-state index contributed by atoms with van der Waals surface area (Å²) >= 11 is 0. The highest BCUT2D eigenvalue weighted by Gasteiger charge is 2.25. The number of rotatable bonds is 9. The maximum atomic E-state index is 12.3. The molecule has 0 radical (unpaired) electrons. The number of amides is 1. The van der Waals surface area contributed by atoms with Crippen LogP contribution in [0.25, 0.3) is 0 Å². The predicted molar refractivity (Wildman–Crippen MR) is 82.6 cm³/mol. The summed E-state index contributed by atoms with van der Waals surface area (Å²) in [5.74, 6) is -1.84. The Morgan fingerprint density at radius 3 is 2.65 bits per heavy atom. The predicted octanol–water partition coefficient (Wildman–Crippen LogP) is 0.271. The van der Waals surface area contributed by atoms with Crippen LogP contribution in [0.3, 0.4) is 0 Å². The third-order valence-electron chi connectivity index (χ3n) is 3.11. The van der Waals surface area contributed by atoms with Crippen LogP contribution in [-0.2, 0) is 14.3 Å². The summed E-state index contributed by atoms with van der Waals surface area (Å²) in [6, 6.07) is 1.92. The summed E-state index contributed by atoms with van der Waals surface area (Å²) in [7, 11) is 1.52. The van der Waals surface area contributed by atoms with E-state index in [0.717, 1.165) is 4.57 Å². The molecule has 1 amide bonds. The van der Waals surface area contributed by atoms with Gasteiger partial charge in [-0.15, -0.1) is 0 Å². The van der Waals surface area contributed by atoms with Crippen LogP contribution in [0.15, 0.2) is 23.1 Å². The molecule has 0 fully saturated rings. The fourth-order valence-corrected chi connectivity index (χ4v) is 2.03. The Morgan fingerprint density at radius 1 is 1.39 bits per heavy atom. The van der Waals surface area contributed by atoms with Crippen molar-refractivity contribution in [3.05, 3.63) is 28.7 Å². The fraction of sp³-hybridized carbons (Fsp3) is 0.533. The normalized spacial score (nSPS) is 12.0. The third-order valence-corrected chi connectivity index (χ3v) is 3.11. The van der Waals surface area contributed by atoms with E-state index in [9.17, 15) is 19.5 Å². The minimum absolute atomic E-state index is 0.0682. The fourth-order valence-electron chi connectivity index (χ4n) is 2.03. The largest absolute Gasteiger partial charge is 0.480 e. The van der Waals surface area contributed by atoms with Gasteiger partial charge in [0.1, 0.15) is 6.04 Å². The van der Waals surface area contributed by atoms with Gasteiger partial charge in [0.15, 0.2) is 12.4 Å². The van der Waals surface area contributed by atoms with Gasteiger partial charge in [0.05, 0.1) is 6.61 Å². The number of carboxylic acids is 1. The molecule has 1 atom stereocenters. The summed E-state index contributed by atoms with van der Waals surface area (Å²) in [4.78, 5) is 35.2. The lowest BCUT2D eigenvalue weighted by molar-refractivity contribution is -0.142. The maximum absolute atomic E-state index is 12.3. The molecular formula is C15H22N2O6. The summed E-state index contributed by atoms with van der Waals surface area (Å²) in [6.45, 7) is 3.80. The van der Waals surface area contributed by atoms with Crippen LogP contribution in [0.4, 0.5) is 0 Å². The van der Waals surface area contributed by atoms with E-state index in [0.29, 0.717) is 13.2 Å². The maximum Gasteiger partial charge on any atom is 0.327 e. The molecule has 1 aromatic heterocycles. The highest BCUT2D eigenvalue weighted by atomic mass is 16.5. The highest BCUT2D eigenvalue weighted by Crippen LogP contribution is 2.17. The van der Waals surface area contributed by atoms with Crippen molar-refractivity contribution < 1.29 is 24.2 Å². The van der Waals surface area contributed by atoms with Gasteiger partial charge in [-0.1, -0.05) is 13.8 Å². The quantitative estimate of drug-likeness (QED) is 0.631. The van der Waals surface area contributed by atoms with Crippen LogP contribution >= 0.6 is 0 Å². The van der Waals surface area contributed by atoms with Crippen molar-refractivity contribution in [1.29, 1.82) is 0 Å². The molecule has 0 aliphatic carbocycles. The van der Waals surface area contributed by atoms with E-state index in [4.69, 9.17) is 9.47 Å². The lowest BCUT2D eigenvalue weighted by Crippen LogP contribution is -2.35. The number of ether oxygens (including phenoxy) is 2. The van der Waals surface area contributed by atoms with Crippen LogP contribution in [0.1, 0.15) is 19.9 Å². The zero-order valence-electron chi connectivity index (χ0n) is 13.4. The van der Waals surface area contributed by atoms with Gasteiger partial charge < -0.3 is 19.9 Å². The van der Waals surface area contributed by atoms with E-state index in [1.807, 2.05) is 0 Å². The van der Waals surface area contributed by atoms with Crippen molar-refractivity contribution in [2.75, 3.05) is 26.9 Å². The van der Waals surface area contributed by atoms with Crippen LogP contribution in [0.2, 0.25) is 0 Å². The number of aliphatic carboxylic acids is 1. The molecule has 1 aromatic rings. The van der Waals surface area contributed by atoms with Crippen LogP contribution < -0.4 is 15.6 Å². The second-order valence-electron chi connectivity index (χ2n) is 5.24. The molecule has 0 aliphatic heterocycles. The van der Waals surface area contributed by atoms with Crippen LogP contribution in [0, 0.1) is 5.92 Å². The van der Waals surface area contributed by atoms with E-state index in [1.165, 1.54) is 25.4 Å². The number of nitrogens with zero attached hydrogens (tertiary/aromatic N) is 1. The van der Waals surface area contributed by atoms with Crippen LogP contribution in [-0.4, -0.2) is 48.4 Å². The SMILES string of the molecule is COCCNC(=O)COc1cccn(C(C(=O)O)C(C)C)c1=O. The lowest BCUT2D eigenvalue weighted by atomic mass is 10.0. The number of carbonyl (C=O) groups excluding carboxylic acids is 1. The molecule has 1 unspecified atom stereocenters. The summed E-state index contributed by atoms with van der Waals surface area (Å²) in [5.41, 5.74) is -0.585. The standard InChI is InChI=1S/C15H22N2O6/c1-10(2)13(15(20)21)17-7-4-5-11(14(17)19)23-9-12(18)16-6-8-22-3/h4-5,7,10,13H,6,8-9H2,1-3H3,(H,16,18)(H,20,21). The van der Waals surface area contributed by atoms with Crippen LogP contribution in [0.5, 0.6) is 5.75 Å². The third kappa shape index (κ3) is 5.41. The first kappa shape index (κ1) is 18.7. The molecule has 1 rings (SSSR count). The first-order chi connectivity index (χ1) is 10.9. The van der Waals surface area contributed by atoms with Gasteiger partial charge in [-0.25, -0.2) is 4.79 Å². The first-order valence-corrected chi connectivity index (χ1v) is 7.20. The minimum Gasteiger partial charge on any atom is -0.480 e. The molecule has 0 aliphatic rings.